The van der Waals surface area contributed by atoms with E-state index in [-0.39, 0.29) is 27.7 Å². The van der Waals surface area contributed by atoms with E-state index < -0.39 is 21.8 Å². The number of rotatable bonds is 5. The topological polar surface area (TPSA) is 72.5 Å². The molecule has 0 fully saturated rings. The van der Waals surface area contributed by atoms with Gasteiger partial charge in [-0.05, 0) is 31.3 Å². The summed E-state index contributed by atoms with van der Waals surface area (Å²) in [4.78, 5) is 12.0. The van der Waals surface area contributed by atoms with Gasteiger partial charge in [-0.3, -0.25) is 0 Å². The number of nitrogens with one attached hydrogen (secondary N) is 1. The van der Waals surface area contributed by atoms with Crippen molar-refractivity contribution >= 4 is 27.6 Å². The molecule has 0 heterocycles. The molecule has 0 saturated heterocycles. The number of hydrogen-bond donors (Lipinski definition) is 1. The molecule has 0 amide bonds. The van der Waals surface area contributed by atoms with E-state index in [4.69, 9.17) is 16.3 Å². The average Bonchev–Trinajstić information content (AvgIpc) is 2.54. The van der Waals surface area contributed by atoms with Gasteiger partial charge in [0.1, 0.15) is 12.4 Å². The predicted molar refractivity (Wildman–Crippen MR) is 83.2 cm³/mol. The van der Waals surface area contributed by atoms with Crippen LogP contribution in [0.15, 0.2) is 47.4 Å². The Kier molecular flexibility index (Phi) is 5.35. The fraction of sp³-hybridized carbons (Fsp3) is 0.133. The minimum atomic E-state index is -3.72. The summed E-state index contributed by atoms with van der Waals surface area (Å²) in [5.41, 5.74) is 0.0929. The second-order valence-electron chi connectivity index (χ2n) is 4.52. The molecular formula is C15H13ClFNO4S. The quantitative estimate of drug-likeness (QED) is 0.835. The van der Waals surface area contributed by atoms with Gasteiger partial charge in [0.25, 0.3) is 0 Å². The number of ether oxygens (including phenoxy) is 1. The molecule has 2 aromatic carbocycles. The van der Waals surface area contributed by atoms with E-state index in [0.717, 1.165) is 6.07 Å². The summed E-state index contributed by atoms with van der Waals surface area (Å²) in [7, 11) is -2.47. The van der Waals surface area contributed by atoms with Gasteiger partial charge in [-0.1, -0.05) is 29.8 Å². The molecule has 0 aromatic heterocycles. The molecule has 0 aliphatic carbocycles. The summed E-state index contributed by atoms with van der Waals surface area (Å²) in [6, 6.07) is 9.51. The lowest BCUT2D eigenvalue weighted by atomic mass is 10.2. The Labute approximate surface area is 138 Å². The van der Waals surface area contributed by atoms with E-state index >= 15 is 0 Å². The Morgan fingerprint density at radius 3 is 2.61 bits per heavy atom. The molecule has 0 atom stereocenters. The predicted octanol–water partition coefficient (Wildman–Crippen LogP) is 2.74. The lowest BCUT2D eigenvalue weighted by Crippen LogP contribution is -2.19. The van der Waals surface area contributed by atoms with Crippen LogP contribution in [0.5, 0.6) is 0 Å². The second kappa shape index (κ2) is 7.08. The molecule has 5 nitrogen and oxygen atoms in total. The average molecular weight is 358 g/mol. The largest absolute Gasteiger partial charge is 0.457 e. The van der Waals surface area contributed by atoms with Crippen LogP contribution in [0.2, 0.25) is 5.02 Å². The fourth-order valence-electron chi connectivity index (χ4n) is 1.78. The highest BCUT2D eigenvalue weighted by molar-refractivity contribution is 7.89. The number of carbonyl (C=O) groups is 1. The zero-order chi connectivity index (χ0) is 17.0. The number of hydrogen-bond acceptors (Lipinski definition) is 4. The highest BCUT2D eigenvalue weighted by Gasteiger charge is 2.18. The summed E-state index contributed by atoms with van der Waals surface area (Å²) in [6.45, 7) is -0.287. The molecule has 0 bridgehead atoms. The van der Waals surface area contributed by atoms with Gasteiger partial charge in [-0.2, -0.15) is 0 Å². The van der Waals surface area contributed by atoms with Crippen molar-refractivity contribution in [2.75, 3.05) is 7.05 Å². The smallest absolute Gasteiger partial charge is 0.340 e. The van der Waals surface area contributed by atoms with Crippen molar-refractivity contribution in [1.82, 2.24) is 4.72 Å². The van der Waals surface area contributed by atoms with Gasteiger partial charge in [-0.15, -0.1) is 0 Å². The van der Waals surface area contributed by atoms with Gasteiger partial charge in [0, 0.05) is 5.56 Å². The molecule has 1 N–H and O–H groups in total. The maximum absolute atomic E-state index is 13.5. The van der Waals surface area contributed by atoms with Crippen LogP contribution in [0.1, 0.15) is 15.9 Å². The normalized spacial score (nSPS) is 11.3. The Morgan fingerprint density at radius 1 is 1.26 bits per heavy atom. The number of carbonyl (C=O) groups excluding carboxylic acids is 1. The fourth-order valence-corrected chi connectivity index (χ4v) is 2.73. The van der Waals surface area contributed by atoms with E-state index in [9.17, 15) is 17.6 Å². The highest BCUT2D eigenvalue weighted by Crippen LogP contribution is 2.22. The van der Waals surface area contributed by atoms with Crippen LogP contribution < -0.4 is 4.72 Å². The summed E-state index contributed by atoms with van der Waals surface area (Å²) in [5.74, 6) is -1.34. The lowest BCUT2D eigenvalue weighted by Gasteiger charge is -2.09. The van der Waals surface area contributed by atoms with Crippen molar-refractivity contribution in [1.29, 1.82) is 0 Å². The minimum absolute atomic E-state index is 0.0404. The molecule has 0 radical (unpaired) electrons. The minimum Gasteiger partial charge on any atom is -0.457 e. The second-order valence-corrected chi connectivity index (χ2v) is 6.81. The summed E-state index contributed by atoms with van der Waals surface area (Å²) >= 11 is 5.91. The number of halogens is 2. The maximum Gasteiger partial charge on any atom is 0.340 e. The van der Waals surface area contributed by atoms with Gasteiger partial charge < -0.3 is 4.74 Å². The van der Waals surface area contributed by atoms with Gasteiger partial charge in [0.05, 0.1) is 15.5 Å². The van der Waals surface area contributed by atoms with E-state index in [2.05, 4.69) is 4.72 Å². The van der Waals surface area contributed by atoms with Crippen LogP contribution in [-0.2, 0) is 21.4 Å². The van der Waals surface area contributed by atoms with Gasteiger partial charge in [0.2, 0.25) is 10.0 Å². The SMILES string of the molecule is CNS(=O)(=O)c1ccc(Cl)c(C(=O)OCc2ccccc2F)c1. The molecule has 2 rings (SSSR count). The molecule has 0 unspecified atom stereocenters. The Balaban J connectivity index is 2.22. The van der Waals surface area contributed by atoms with E-state index in [1.807, 2.05) is 0 Å². The van der Waals surface area contributed by atoms with Gasteiger partial charge in [-0.25, -0.2) is 22.3 Å². The lowest BCUT2D eigenvalue weighted by molar-refractivity contribution is 0.0469. The Hall–Kier alpha value is -1.96. The summed E-state index contributed by atoms with van der Waals surface area (Å²) in [5, 5.41) is 0.0404. The first-order valence-corrected chi connectivity index (χ1v) is 8.35. The maximum atomic E-state index is 13.5. The van der Waals surface area contributed by atoms with Crippen LogP contribution in [0, 0.1) is 5.82 Å². The van der Waals surface area contributed by atoms with Crippen molar-refractivity contribution in [2.45, 2.75) is 11.5 Å². The van der Waals surface area contributed by atoms with E-state index in [1.54, 1.807) is 6.07 Å². The van der Waals surface area contributed by atoms with E-state index in [1.165, 1.54) is 37.4 Å². The number of sulfonamides is 1. The van der Waals surface area contributed by atoms with Crippen LogP contribution in [-0.4, -0.2) is 21.4 Å². The molecule has 0 aliphatic rings. The first kappa shape index (κ1) is 17.4. The monoisotopic (exact) mass is 357 g/mol. The van der Waals surface area contributed by atoms with Crippen LogP contribution in [0.25, 0.3) is 0 Å². The molecule has 0 saturated carbocycles. The Morgan fingerprint density at radius 2 is 1.96 bits per heavy atom. The molecule has 2 aromatic rings. The third-order valence-electron chi connectivity index (χ3n) is 3.05. The zero-order valence-electron chi connectivity index (χ0n) is 12.0. The van der Waals surface area contributed by atoms with Crippen LogP contribution >= 0.6 is 11.6 Å². The van der Waals surface area contributed by atoms with Crippen LogP contribution in [0.4, 0.5) is 4.39 Å². The van der Waals surface area contributed by atoms with Crippen molar-refractivity contribution in [3.63, 3.8) is 0 Å². The molecular weight excluding hydrogens is 345 g/mol. The van der Waals surface area contributed by atoms with Crippen molar-refractivity contribution in [3.8, 4) is 0 Å². The number of benzene rings is 2. The summed E-state index contributed by atoms with van der Waals surface area (Å²) < 4.78 is 44.1. The van der Waals surface area contributed by atoms with Crippen LogP contribution in [0.3, 0.4) is 0 Å². The Bertz CT molecular complexity index is 839. The summed E-state index contributed by atoms with van der Waals surface area (Å²) in [6.07, 6.45) is 0. The molecule has 0 aliphatic heterocycles. The molecule has 122 valence electrons. The number of esters is 1. The first-order valence-electron chi connectivity index (χ1n) is 6.49. The van der Waals surface area contributed by atoms with Crippen molar-refractivity contribution < 1.29 is 22.3 Å². The van der Waals surface area contributed by atoms with Crippen molar-refractivity contribution in [2.24, 2.45) is 0 Å². The first-order chi connectivity index (χ1) is 10.8. The van der Waals surface area contributed by atoms with Gasteiger partial charge in [0.15, 0.2) is 0 Å². The third kappa shape index (κ3) is 4.07. The standard InChI is InChI=1S/C15H13ClFNO4S/c1-18-23(20,21)11-6-7-13(16)12(8-11)15(19)22-9-10-4-2-3-5-14(10)17/h2-8,18H,9H2,1H3. The van der Waals surface area contributed by atoms with Crippen molar-refractivity contribution in [3.05, 3.63) is 64.4 Å². The third-order valence-corrected chi connectivity index (χ3v) is 4.79. The molecule has 0 spiro atoms. The zero-order valence-corrected chi connectivity index (χ0v) is 13.6. The van der Waals surface area contributed by atoms with E-state index in [0.29, 0.717) is 0 Å². The molecule has 23 heavy (non-hydrogen) atoms. The highest BCUT2D eigenvalue weighted by atomic mass is 35.5. The molecule has 8 heteroatoms. The van der Waals surface area contributed by atoms with Gasteiger partial charge >= 0.3 is 5.97 Å².